The summed E-state index contributed by atoms with van der Waals surface area (Å²) in [6, 6.07) is 3.44. The van der Waals surface area contributed by atoms with Crippen molar-refractivity contribution in [1.82, 2.24) is 4.98 Å². The highest BCUT2D eigenvalue weighted by molar-refractivity contribution is 8.16. The first kappa shape index (κ1) is 9.22. The fourth-order valence-corrected chi connectivity index (χ4v) is 1.11. The van der Waals surface area contributed by atoms with E-state index in [1.807, 2.05) is 0 Å². The van der Waals surface area contributed by atoms with E-state index in [0.29, 0.717) is 5.56 Å². The maximum atomic E-state index is 10.5. The van der Waals surface area contributed by atoms with E-state index in [0.717, 1.165) is 5.41 Å². The molecule has 0 unspecified atom stereocenters. The SMILES string of the molecule is O=S(=O)(Cl)/C=C/c1cccnc1. The van der Waals surface area contributed by atoms with Crippen LogP contribution in [0.4, 0.5) is 0 Å². The highest BCUT2D eigenvalue weighted by Crippen LogP contribution is 2.04. The van der Waals surface area contributed by atoms with E-state index >= 15 is 0 Å². The minimum Gasteiger partial charge on any atom is -0.264 e. The van der Waals surface area contributed by atoms with Crippen LogP contribution in [0.3, 0.4) is 0 Å². The van der Waals surface area contributed by atoms with Gasteiger partial charge in [-0.05, 0) is 17.7 Å². The van der Waals surface area contributed by atoms with Crippen molar-refractivity contribution in [3.63, 3.8) is 0 Å². The molecular weight excluding hydrogens is 198 g/mol. The molecule has 0 saturated heterocycles. The molecule has 0 bridgehead atoms. The number of aromatic nitrogens is 1. The molecule has 0 radical (unpaired) electrons. The maximum absolute atomic E-state index is 10.5. The van der Waals surface area contributed by atoms with Crippen molar-refractivity contribution >= 4 is 25.8 Å². The molecule has 1 aromatic heterocycles. The highest BCUT2D eigenvalue weighted by Gasteiger charge is 1.95. The quantitative estimate of drug-likeness (QED) is 0.687. The van der Waals surface area contributed by atoms with Gasteiger partial charge in [0.05, 0.1) is 0 Å². The number of nitrogens with zero attached hydrogens (tertiary/aromatic N) is 1. The predicted molar refractivity (Wildman–Crippen MR) is 48.0 cm³/mol. The van der Waals surface area contributed by atoms with Gasteiger partial charge in [-0.2, -0.15) is 0 Å². The summed E-state index contributed by atoms with van der Waals surface area (Å²) in [5.41, 5.74) is 0.696. The Kier molecular flexibility index (Phi) is 2.83. The van der Waals surface area contributed by atoms with Crippen molar-refractivity contribution in [2.75, 3.05) is 0 Å². The fraction of sp³-hybridized carbons (Fsp3) is 0. The van der Waals surface area contributed by atoms with Gasteiger partial charge in [-0.3, -0.25) is 4.98 Å². The first-order chi connectivity index (χ1) is 5.58. The van der Waals surface area contributed by atoms with Gasteiger partial charge in [-0.15, -0.1) is 0 Å². The lowest BCUT2D eigenvalue weighted by atomic mass is 10.3. The first-order valence-corrected chi connectivity index (χ1v) is 5.48. The number of pyridine rings is 1. The van der Waals surface area contributed by atoms with Crippen LogP contribution < -0.4 is 0 Å². The van der Waals surface area contributed by atoms with Crippen LogP contribution >= 0.6 is 10.7 Å². The van der Waals surface area contributed by atoms with E-state index in [1.54, 1.807) is 24.5 Å². The summed E-state index contributed by atoms with van der Waals surface area (Å²) in [7, 11) is 1.39. The van der Waals surface area contributed by atoms with E-state index in [9.17, 15) is 8.42 Å². The molecule has 12 heavy (non-hydrogen) atoms. The standard InChI is InChI=1S/C7H6ClNO2S/c8-12(10,11)5-3-7-2-1-4-9-6-7/h1-6H/b5-3+. The fourth-order valence-electron chi connectivity index (χ4n) is 0.634. The molecule has 0 amide bonds. The lowest BCUT2D eigenvalue weighted by molar-refractivity contribution is 0.617. The van der Waals surface area contributed by atoms with E-state index in [2.05, 4.69) is 4.98 Å². The third-order valence-corrected chi connectivity index (χ3v) is 1.88. The second-order valence-corrected chi connectivity index (χ2v) is 4.58. The summed E-state index contributed by atoms with van der Waals surface area (Å²) >= 11 is 0. The first-order valence-electron chi connectivity index (χ1n) is 3.11. The molecule has 1 heterocycles. The van der Waals surface area contributed by atoms with E-state index in [-0.39, 0.29) is 0 Å². The smallest absolute Gasteiger partial charge is 0.254 e. The van der Waals surface area contributed by atoms with Crippen LogP contribution in [0.15, 0.2) is 29.9 Å². The summed E-state index contributed by atoms with van der Waals surface area (Å²) < 4.78 is 20.9. The zero-order chi connectivity index (χ0) is 9.03. The van der Waals surface area contributed by atoms with Gasteiger partial charge in [0.1, 0.15) is 0 Å². The van der Waals surface area contributed by atoms with Gasteiger partial charge in [-0.25, -0.2) is 8.42 Å². The van der Waals surface area contributed by atoms with E-state index in [1.165, 1.54) is 6.08 Å². The van der Waals surface area contributed by atoms with Gasteiger partial charge >= 0.3 is 0 Å². The van der Waals surface area contributed by atoms with Gasteiger partial charge in [0, 0.05) is 28.5 Å². The molecule has 64 valence electrons. The molecule has 0 N–H and O–H groups in total. The Labute approximate surface area is 75.1 Å². The zero-order valence-corrected chi connectivity index (χ0v) is 7.59. The second-order valence-electron chi connectivity index (χ2n) is 2.06. The average Bonchev–Trinajstić information content (AvgIpc) is 2.02. The summed E-state index contributed by atoms with van der Waals surface area (Å²) in [5.74, 6) is 0. The summed E-state index contributed by atoms with van der Waals surface area (Å²) in [6.07, 6.45) is 4.53. The Morgan fingerprint density at radius 1 is 1.50 bits per heavy atom. The van der Waals surface area contributed by atoms with Crippen LogP contribution in [0.25, 0.3) is 6.08 Å². The van der Waals surface area contributed by atoms with Crippen molar-refractivity contribution < 1.29 is 8.42 Å². The van der Waals surface area contributed by atoms with Gasteiger partial charge in [0.25, 0.3) is 9.05 Å². The van der Waals surface area contributed by atoms with Crippen molar-refractivity contribution in [3.8, 4) is 0 Å². The Balaban J connectivity index is 2.85. The molecule has 0 fully saturated rings. The maximum Gasteiger partial charge on any atom is 0.254 e. The molecule has 0 saturated carbocycles. The molecule has 0 aliphatic rings. The summed E-state index contributed by atoms with van der Waals surface area (Å²) in [6.45, 7) is 0. The number of rotatable bonds is 2. The van der Waals surface area contributed by atoms with Crippen molar-refractivity contribution in [1.29, 1.82) is 0 Å². The van der Waals surface area contributed by atoms with Crippen LogP contribution in [0.1, 0.15) is 5.56 Å². The Morgan fingerprint density at radius 2 is 2.25 bits per heavy atom. The molecular formula is C7H6ClNO2S. The Bertz CT molecular complexity index is 372. The van der Waals surface area contributed by atoms with Crippen LogP contribution in [0.2, 0.25) is 0 Å². The molecule has 0 aromatic carbocycles. The number of halogens is 1. The highest BCUT2D eigenvalue weighted by atomic mass is 35.7. The van der Waals surface area contributed by atoms with Crippen molar-refractivity contribution in [2.24, 2.45) is 0 Å². The monoisotopic (exact) mass is 203 g/mol. The average molecular weight is 204 g/mol. The largest absolute Gasteiger partial charge is 0.264 e. The van der Waals surface area contributed by atoms with Crippen molar-refractivity contribution in [2.45, 2.75) is 0 Å². The molecule has 1 rings (SSSR count). The van der Waals surface area contributed by atoms with E-state index < -0.39 is 9.05 Å². The van der Waals surface area contributed by atoms with Gasteiger partial charge in [-0.1, -0.05) is 6.07 Å². The van der Waals surface area contributed by atoms with Gasteiger partial charge in [0.15, 0.2) is 0 Å². The molecule has 5 heteroatoms. The topological polar surface area (TPSA) is 47.0 Å². The minimum absolute atomic E-state index is 0.696. The summed E-state index contributed by atoms with van der Waals surface area (Å²) in [5, 5.41) is 0.922. The third kappa shape index (κ3) is 3.50. The molecule has 1 aromatic rings. The van der Waals surface area contributed by atoms with Crippen molar-refractivity contribution in [3.05, 3.63) is 35.5 Å². The lowest BCUT2D eigenvalue weighted by Gasteiger charge is -1.88. The minimum atomic E-state index is -3.56. The van der Waals surface area contributed by atoms with E-state index in [4.69, 9.17) is 10.7 Å². The lowest BCUT2D eigenvalue weighted by Crippen LogP contribution is -1.79. The zero-order valence-electron chi connectivity index (χ0n) is 6.01. The molecule has 3 nitrogen and oxygen atoms in total. The van der Waals surface area contributed by atoms with Crippen LogP contribution in [0, 0.1) is 0 Å². The van der Waals surface area contributed by atoms with Crippen LogP contribution in [-0.2, 0) is 9.05 Å². The molecule has 0 atom stereocenters. The molecule has 0 aliphatic carbocycles. The molecule has 0 aliphatic heterocycles. The van der Waals surface area contributed by atoms with Gasteiger partial charge in [0.2, 0.25) is 0 Å². The number of hydrogen-bond donors (Lipinski definition) is 0. The second kappa shape index (κ2) is 3.69. The normalized spacial score (nSPS) is 12.1. The van der Waals surface area contributed by atoms with Crippen LogP contribution in [-0.4, -0.2) is 13.4 Å². The Hall–Kier alpha value is -0.870. The third-order valence-electron chi connectivity index (χ3n) is 1.11. The number of hydrogen-bond acceptors (Lipinski definition) is 3. The Morgan fingerprint density at radius 3 is 2.75 bits per heavy atom. The van der Waals surface area contributed by atoms with Gasteiger partial charge < -0.3 is 0 Å². The molecule has 0 spiro atoms. The predicted octanol–water partition coefficient (Wildman–Crippen LogP) is 1.62. The van der Waals surface area contributed by atoms with Crippen LogP contribution in [0.5, 0.6) is 0 Å². The summed E-state index contributed by atoms with van der Waals surface area (Å²) in [4.78, 5) is 3.80.